The molecule has 0 radical (unpaired) electrons. The summed E-state index contributed by atoms with van der Waals surface area (Å²) >= 11 is 5.13. The summed E-state index contributed by atoms with van der Waals surface area (Å²) in [7, 11) is 1.64. The third-order valence-electron chi connectivity index (χ3n) is 5.86. The van der Waals surface area contributed by atoms with Crippen molar-refractivity contribution in [3.63, 3.8) is 0 Å². The summed E-state index contributed by atoms with van der Waals surface area (Å²) < 4.78 is 4.95. The largest absolute Gasteiger partial charge is 0.354 e. The quantitative estimate of drug-likeness (QED) is 0.219. The van der Waals surface area contributed by atoms with Crippen molar-refractivity contribution in [3.05, 3.63) is 64.8 Å². The Morgan fingerprint density at radius 3 is 2.65 bits per heavy atom. The van der Waals surface area contributed by atoms with Crippen LogP contribution >= 0.6 is 27.9 Å². The lowest BCUT2D eigenvalue weighted by Gasteiger charge is -2.24. The van der Waals surface area contributed by atoms with Crippen LogP contribution in [-0.4, -0.2) is 48.0 Å². The van der Waals surface area contributed by atoms with E-state index in [4.69, 9.17) is 5.10 Å². The maximum absolute atomic E-state index is 12.9. The molecule has 1 fully saturated rings. The molecule has 2 N–H and O–H groups in total. The number of hydrogen-bond donors (Lipinski definition) is 2. The minimum absolute atomic E-state index is 0.156. The molecule has 0 unspecified atom stereocenters. The maximum atomic E-state index is 12.9. The summed E-state index contributed by atoms with van der Waals surface area (Å²) in [6, 6.07) is 12.0. The molecule has 0 saturated heterocycles. The van der Waals surface area contributed by atoms with Crippen molar-refractivity contribution < 1.29 is 9.59 Å². The Labute approximate surface area is 212 Å². The number of hydrogen-bond acceptors (Lipinski definition) is 5. The van der Waals surface area contributed by atoms with Crippen LogP contribution in [0.1, 0.15) is 41.2 Å². The van der Waals surface area contributed by atoms with Crippen LogP contribution in [0.25, 0.3) is 16.6 Å². The van der Waals surface area contributed by atoms with Crippen molar-refractivity contribution in [2.75, 3.05) is 30.7 Å². The molecule has 1 heterocycles. The molecule has 9 heteroatoms. The highest BCUT2D eigenvalue weighted by molar-refractivity contribution is 9.10. The summed E-state index contributed by atoms with van der Waals surface area (Å²) in [4.78, 5) is 24.4. The van der Waals surface area contributed by atoms with Crippen LogP contribution in [0.3, 0.4) is 0 Å². The Kier molecular flexibility index (Phi) is 7.63. The number of nitrogens with one attached hydrogen (secondary N) is 2. The van der Waals surface area contributed by atoms with Gasteiger partial charge in [-0.25, -0.2) is 4.68 Å². The zero-order valence-electron chi connectivity index (χ0n) is 19.3. The Morgan fingerprint density at radius 1 is 1.29 bits per heavy atom. The van der Waals surface area contributed by atoms with Crippen LogP contribution in [0, 0.1) is 0 Å². The number of rotatable bonds is 10. The van der Waals surface area contributed by atoms with Gasteiger partial charge in [0, 0.05) is 36.3 Å². The molecular weight excluding hydrogens is 514 g/mol. The van der Waals surface area contributed by atoms with Gasteiger partial charge in [-0.2, -0.15) is 5.10 Å². The van der Waals surface area contributed by atoms with Gasteiger partial charge in [0.25, 0.3) is 5.91 Å². The van der Waals surface area contributed by atoms with E-state index in [2.05, 4.69) is 55.8 Å². The molecule has 0 spiro atoms. The van der Waals surface area contributed by atoms with Gasteiger partial charge in [0.2, 0.25) is 5.91 Å². The molecule has 1 saturated carbocycles. The molecule has 7 nitrogen and oxygen atoms in total. The molecule has 0 aliphatic heterocycles. The predicted molar refractivity (Wildman–Crippen MR) is 143 cm³/mol. The average Bonchev–Trinajstić information content (AvgIpc) is 3.63. The Bertz CT molecular complexity index is 1220. The maximum Gasteiger partial charge on any atom is 0.270 e. The van der Waals surface area contributed by atoms with Crippen molar-refractivity contribution in [2.24, 2.45) is 0 Å². The third kappa shape index (κ3) is 5.15. The molecule has 3 aromatic rings. The second-order valence-electron chi connectivity index (χ2n) is 8.15. The second-order valence-corrected chi connectivity index (χ2v) is 9.87. The standard InChI is InChI=1S/C25H28BrN5O2S/c1-4-23(32)28-12-5-13-30(34-3)22-15-21-20(14-19(22)16-6-7-16)24(25(33)27-2)31(29-21)18-10-8-17(26)9-11-18/h4,8-11,14-16H,1,5-7,12-13H2,2-3H3,(H,27,33)(H,28,32). The first-order valence-electron chi connectivity index (χ1n) is 11.2. The van der Waals surface area contributed by atoms with E-state index in [1.165, 1.54) is 11.6 Å². The highest BCUT2D eigenvalue weighted by atomic mass is 79.9. The van der Waals surface area contributed by atoms with Gasteiger partial charge in [-0.1, -0.05) is 34.5 Å². The van der Waals surface area contributed by atoms with Gasteiger partial charge in [0.05, 0.1) is 16.9 Å². The minimum atomic E-state index is -0.167. The normalized spacial score (nSPS) is 13.0. The number of amides is 2. The van der Waals surface area contributed by atoms with E-state index >= 15 is 0 Å². The van der Waals surface area contributed by atoms with Gasteiger partial charge in [-0.05, 0) is 73.2 Å². The SMILES string of the molecule is C=CC(=O)NCCCN(SC)c1cc2nn(-c3ccc(Br)cc3)c(C(=O)NC)c2cc1C1CC1. The van der Waals surface area contributed by atoms with Crippen molar-refractivity contribution in [3.8, 4) is 5.69 Å². The number of benzene rings is 2. The average molecular weight is 543 g/mol. The van der Waals surface area contributed by atoms with Crippen molar-refractivity contribution in [2.45, 2.75) is 25.2 Å². The van der Waals surface area contributed by atoms with E-state index in [1.807, 2.05) is 24.3 Å². The summed E-state index contributed by atoms with van der Waals surface area (Å²) in [6.07, 6.45) is 6.44. The fraction of sp³-hybridized carbons (Fsp3) is 0.320. The van der Waals surface area contributed by atoms with E-state index in [9.17, 15) is 9.59 Å². The smallest absolute Gasteiger partial charge is 0.270 e. The number of aromatic nitrogens is 2. The fourth-order valence-electron chi connectivity index (χ4n) is 4.00. The Balaban J connectivity index is 1.75. The molecule has 34 heavy (non-hydrogen) atoms. The van der Waals surface area contributed by atoms with Gasteiger partial charge in [0.1, 0.15) is 5.69 Å². The zero-order chi connectivity index (χ0) is 24.2. The first kappa shape index (κ1) is 24.3. The summed E-state index contributed by atoms with van der Waals surface area (Å²) in [5.74, 6) is 0.165. The molecule has 178 valence electrons. The highest BCUT2D eigenvalue weighted by Gasteiger charge is 2.30. The Morgan fingerprint density at radius 2 is 2.03 bits per heavy atom. The summed E-state index contributed by atoms with van der Waals surface area (Å²) in [5, 5.41) is 11.3. The first-order chi connectivity index (χ1) is 16.5. The first-order valence-corrected chi connectivity index (χ1v) is 13.2. The topological polar surface area (TPSA) is 79.3 Å². The zero-order valence-corrected chi connectivity index (χ0v) is 21.7. The second kappa shape index (κ2) is 10.7. The van der Waals surface area contributed by atoms with Gasteiger partial charge < -0.3 is 14.9 Å². The van der Waals surface area contributed by atoms with E-state index in [0.29, 0.717) is 18.2 Å². The van der Waals surface area contributed by atoms with Crippen LogP contribution in [0.4, 0.5) is 5.69 Å². The molecule has 1 aliphatic carbocycles. The number of fused-ring (bicyclic) bond motifs is 1. The van der Waals surface area contributed by atoms with E-state index in [0.717, 1.165) is 52.6 Å². The van der Waals surface area contributed by atoms with Gasteiger partial charge in [0.15, 0.2) is 0 Å². The number of nitrogens with zero attached hydrogens (tertiary/aromatic N) is 3. The van der Waals surface area contributed by atoms with Crippen LogP contribution in [0.15, 0.2) is 53.5 Å². The number of anilines is 1. The molecule has 1 aromatic heterocycles. The fourth-order valence-corrected chi connectivity index (χ4v) is 4.93. The molecule has 1 aliphatic rings. The van der Waals surface area contributed by atoms with Gasteiger partial charge in [-0.3, -0.25) is 9.59 Å². The predicted octanol–water partition coefficient (Wildman–Crippen LogP) is 4.80. The lowest BCUT2D eigenvalue weighted by molar-refractivity contribution is -0.116. The number of carbonyl (C=O) groups is 2. The minimum Gasteiger partial charge on any atom is -0.354 e. The van der Waals surface area contributed by atoms with Crippen LogP contribution in [0.2, 0.25) is 0 Å². The molecule has 2 aromatic carbocycles. The molecule has 4 rings (SSSR count). The highest BCUT2D eigenvalue weighted by Crippen LogP contribution is 2.47. The van der Waals surface area contributed by atoms with Crippen LogP contribution in [-0.2, 0) is 4.79 Å². The summed E-state index contributed by atoms with van der Waals surface area (Å²) in [6.45, 7) is 4.86. The van der Waals surface area contributed by atoms with E-state index in [1.54, 1.807) is 23.7 Å². The molecule has 0 bridgehead atoms. The molecular formula is C25H28BrN5O2S. The lowest BCUT2D eigenvalue weighted by Crippen LogP contribution is -2.26. The number of halogens is 1. The van der Waals surface area contributed by atoms with Crippen molar-refractivity contribution in [1.82, 2.24) is 20.4 Å². The van der Waals surface area contributed by atoms with Crippen molar-refractivity contribution >= 4 is 56.3 Å². The van der Waals surface area contributed by atoms with Crippen LogP contribution in [0.5, 0.6) is 0 Å². The molecule has 0 atom stereocenters. The van der Waals surface area contributed by atoms with Gasteiger partial charge >= 0.3 is 0 Å². The monoisotopic (exact) mass is 541 g/mol. The van der Waals surface area contributed by atoms with Crippen molar-refractivity contribution in [1.29, 1.82) is 0 Å². The van der Waals surface area contributed by atoms with Gasteiger partial charge in [-0.15, -0.1) is 0 Å². The lowest BCUT2D eigenvalue weighted by atomic mass is 10.0. The number of carbonyl (C=O) groups excluding carboxylic acids is 2. The summed E-state index contributed by atoms with van der Waals surface area (Å²) in [5.41, 5.74) is 4.52. The van der Waals surface area contributed by atoms with E-state index < -0.39 is 0 Å². The third-order valence-corrected chi connectivity index (χ3v) is 7.21. The Hall–Kier alpha value is -2.78. The van der Waals surface area contributed by atoms with Crippen LogP contribution < -0.4 is 14.9 Å². The molecule has 2 amide bonds. The van der Waals surface area contributed by atoms with E-state index in [-0.39, 0.29) is 11.8 Å².